The third kappa shape index (κ3) is 2.15. The van der Waals surface area contributed by atoms with E-state index in [9.17, 15) is 0 Å². The van der Waals surface area contributed by atoms with Gasteiger partial charge in [-0.25, -0.2) is 4.98 Å². The van der Waals surface area contributed by atoms with E-state index >= 15 is 0 Å². The number of aryl methyl sites for hydroxylation is 1. The van der Waals surface area contributed by atoms with Gasteiger partial charge in [-0.05, 0) is 6.92 Å². The molecule has 0 atom stereocenters. The van der Waals surface area contributed by atoms with Crippen molar-refractivity contribution in [2.24, 2.45) is 0 Å². The smallest absolute Gasteiger partial charge is 0.205 e. The quantitative estimate of drug-likeness (QED) is 0.851. The fourth-order valence-electron chi connectivity index (χ4n) is 1.36. The van der Waals surface area contributed by atoms with E-state index in [2.05, 4.69) is 32.0 Å². The summed E-state index contributed by atoms with van der Waals surface area (Å²) in [7, 11) is 1.84. The molecule has 6 heteroatoms. The molecule has 0 unspecified atom stereocenters. The monoisotopic (exact) mass is 223 g/mol. The first-order valence-corrected chi connectivity index (χ1v) is 5.65. The average molecular weight is 223 g/mol. The number of nitrogens with one attached hydrogen (secondary N) is 1. The zero-order valence-corrected chi connectivity index (χ0v) is 9.58. The lowest BCUT2D eigenvalue weighted by Crippen LogP contribution is -2.01. The minimum absolute atomic E-state index is 0.750. The summed E-state index contributed by atoms with van der Waals surface area (Å²) in [5.74, 6) is 1.04. The molecule has 0 amide bonds. The van der Waals surface area contributed by atoms with Gasteiger partial charge in [0.05, 0.1) is 6.42 Å². The Hall–Kier alpha value is -1.43. The second-order valence-electron chi connectivity index (χ2n) is 3.06. The van der Waals surface area contributed by atoms with Crippen LogP contribution in [0, 0.1) is 0 Å². The highest BCUT2D eigenvalue weighted by Crippen LogP contribution is 2.17. The lowest BCUT2D eigenvalue weighted by atomic mass is 10.4. The van der Waals surface area contributed by atoms with Crippen molar-refractivity contribution in [2.45, 2.75) is 19.9 Å². The summed E-state index contributed by atoms with van der Waals surface area (Å²) in [4.78, 5) is 4.30. The summed E-state index contributed by atoms with van der Waals surface area (Å²) in [5, 5.41) is 12.9. The van der Waals surface area contributed by atoms with Gasteiger partial charge in [0.2, 0.25) is 5.13 Å². The predicted molar refractivity (Wildman–Crippen MR) is 60.2 cm³/mol. The Morgan fingerprint density at radius 3 is 3.00 bits per heavy atom. The van der Waals surface area contributed by atoms with Crippen molar-refractivity contribution in [3.8, 4) is 0 Å². The summed E-state index contributed by atoms with van der Waals surface area (Å²) in [6, 6.07) is 0. The summed E-state index contributed by atoms with van der Waals surface area (Å²) in [6.07, 6.45) is 4.55. The first-order valence-electron chi connectivity index (χ1n) is 4.83. The van der Waals surface area contributed by atoms with E-state index in [-0.39, 0.29) is 0 Å². The van der Waals surface area contributed by atoms with E-state index in [1.165, 1.54) is 0 Å². The third-order valence-corrected chi connectivity index (χ3v) is 3.07. The average Bonchev–Trinajstić information content (AvgIpc) is 2.87. The highest BCUT2D eigenvalue weighted by atomic mass is 32.1. The molecule has 0 spiro atoms. The maximum absolute atomic E-state index is 4.30. The minimum atomic E-state index is 0.750. The van der Waals surface area contributed by atoms with E-state index in [0.717, 1.165) is 28.9 Å². The Kier molecular flexibility index (Phi) is 2.96. The van der Waals surface area contributed by atoms with E-state index in [0.29, 0.717) is 0 Å². The number of hydrogen-bond donors (Lipinski definition) is 1. The van der Waals surface area contributed by atoms with Gasteiger partial charge in [-0.15, -0.1) is 10.2 Å². The van der Waals surface area contributed by atoms with Crippen molar-refractivity contribution >= 4 is 16.5 Å². The first-order chi connectivity index (χ1) is 7.33. The lowest BCUT2D eigenvalue weighted by molar-refractivity contribution is 0.709. The molecule has 0 aliphatic heterocycles. The standard InChI is InChI=1S/C9H13N5S/c1-3-14-5-4-11-7(14)6-8-12-13-9(10-2)15-8/h4-5H,3,6H2,1-2H3,(H,10,13). The second-order valence-corrected chi connectivity index (χ2v) is 4.12. The van der Waals surface area contributed by atoms with Gasteiger partial charge in [0, 0.05) is 26.0 Å². The highest BCUT2D eigenvalue weighted by molar-refractivity contribution is 7.15. The lowest BCUT2D eigenvalue weighted by Gasteiger charge is -2.01. The second kappa shape index (κ2) is 4.39. The van der Waals surface area contributed by atoms with Crippen molar-refractivity contribution in [3.05, 3.63) is 23.2 Å². The largest absolute Gasteiger partial charge is 0.363 e. The van der Waals surface area contributed by atoms with Gasteiger partial charge in [-0.2, -0.15) is 0 Å². The van der Waals surface area contributed by atoms with Crippen LogP contribution in [0.3, 0.4) is 0 Å². The van der Waals surface area contributed by atoms with Crippen molar-refractivity contribution < 1.29 is 0 Å². The van der Waals surface area contributed by atoms with Crippen molar-refractivity contribution in [1.29, 1.82) is 0 Å². The molecule has 0 saturated carbocycles. The van der Waals surface area contributed by atoms with Crippen LogP contribution >= 0.6 is 11.3 Å². The van der Waals surface area contributed by atoms with Crippen molar-refractivity contribution in [1.82, 2.24) is 19.7 Å². The van der Waals surface area contributed by atoms with Gasteiger partial charge in [0.1, 0.15) is 10.8 Å². The third-order valence-electron chi connectivity index (χ3n) is 2.13. The Morgan fingerprint density at radius 1 is 1.47 bits per heavy atom. The summed E-state index contributed by atoms with van der Waals surface area (Å²) >= 11 is 1.56. The van der Waals surface area contributed by atoms with Crippen LogP contribution in [0.15, 0.2) is 12.4 Å². The fraction of sp³-hybridized carbons (Fsp3) is 0.444. The topological polar surface area (TPSA) is 55.6 Å². The maximum atomic E-state index is 4.30. The van der Waals surface area contributed by atoms with Gasteiger partial charge in [-0.1, -0.05) is 11.3 Å². The molecule has 2 heterocycles. The van der Waals surface area contributed by atoms with E-state index < -0.39 is 0 Å². The summed E-state index contributed by atoms with van der Waals surface area (Å²) in [6.45, 7) is 3.04. The van der Waals surface area contributed by atoms with Crippen LogP contribution in [-0.2, 0) is 13.0 Å². The molecule has 1 N–H and O–H groups in total. The number of nitrogens with zero attached hydrogens (tertiary/aromatic N) is 4. The molecule has 0 saturated heterocycles. The molecule has 0 aromatic carbocycles. The maximum Gasteiger partial charge on any atom is 0.205 e. The van der Waals surface area contributed by atoms with Crippen LogP contribution in [0.4, 0.5) is 5.13 Å². The van der Waals surface area contributed by atoms with Crippen LogP contribution in [0.2, 0.25) is 0 Å². The molecule has 0 aliphatic carbocycles. The predicted octanol–water partition coefficient (Wildman–Crippen LogP) is 1.39. The normalized spacial score (nSPS) is 10.5. The minimum Gasteiger partial charge on any atom is -0.363 e. The van der Waals surface area contributed by atoms with Gasteiger partial charge < -0.3 is 9.88 Å². The van der Waals surface area contributed by atoms with Crippen LogP contribution in [-0.4, -0.2) is 26.8 Å². The number of anilines is 1. The van der Waals surface area contributed by atoms with Gasteiger partial charge in [0.25, 0.3) is 0 Å². The van der Waals surface area contributed by atoms with Gasteiger partial charge in [-0.3, -0.25) is 0 Å². The summed E-state index contributed by atoms with van der Waals surface area (Å²) < 4.78 is 2.11. The van der Waals surface area contributed by atoms with E-state index in [4.69, 9.17) is 0 Å². The zero-order chi connectivity index (χ0) is 10.7. The van der Waals surface area contributed by atoms with Crippen LogP contribution in [0.1, 0.15) is 17.8 Å². The molecular formula is C9H13N5S. The SMILES string of the molecule is CCn1ccnc1Cc1nnc(NC)s1. The fourth-order valence-corrected chi connectivity index (χ4v) is 2.05. The number of rotatable bonds is 4. The number of hydrogen-bond acceptors (Lipinski definition) is 5. The molecule has 5 nitrogen and oxygen atoms in total. The van der Waals surface area contributed by atoms with Crippen molar-refractivity contribution in [2.75, 3.05) is 12.4 Å². The zero-order valence-electron chi connectivity index (χ0n) is 8.77. The Bertz CT molecular complexity index is 433. The van der Waals surface area contributed by atoms with Gasteiger partial charge in [0.15, 0.2) is 0 Å². The number of aromatic nitrogens is 4. The van der Waals surface area contributed by atoms with Crippen LogP contribution < -0.4 is 5.32 Å². The molecule has 15 heavy (non-hydrogen) atoms. The molecule has 0 aliphatic rings. The molecular weight excluding hydrogens is 210 g/mol. The first kappa shape index (κ1) is 10.1. The molecule has 2 aromatic rings. The molecule has 2 aromatic heterocycles. The van der Waals surface area contributed by atoms with Crippen LogP contribution in [0.25, 0.3) is 0 Å². The Labute approximate surface area is 92.2 Å². The van der Waals surface area contributed by atoms with E-state index in [1.54, 1.807) is 11.3 Å². The Morgan fingerprint density at radius 2 is 2.33 bits per heavy atom. The molecule has 2 rings (SSSR count). The highest BCUT2D eigenvalue weighted by Gasteiger charge is 2.07. The summed E-state index contributed by atoms with van der Waals surface area (Å²) in [5.41, 5.74) is 0. The molecule has 0 fully saturated rings. The Balaban J connectivity index is 2.14. The van der Waals surface area contributed by atoms with Gasteiger partial charge >= 0.3 is 0 Å². The number of imidazole rings is 1. The molecule has 0 radical (unpaired) electrons. The molecule has 0 bridgehead atoms. The van der Waals surface area contributed by atoms with Crippen molar-refractivity contribution in [3.63, 3.8) is 0 Å². The van der Waals surface area contributed by atoms with E-state index in [1.807, 2.05) is 19.4 Å². The van der Waals surface area contributed by atoms with Crippen LogP contribution in [0.5, 0.6) is 0 Å². The molecule has 80 valence electrons.